The topological polar surface area (TPSA) is 60.3 Å². The summed E-state index contributed by atoms with van der Waals surface area (Å²) in [5.74, 6) is 2.00. The minimum Gasteiger partial charge on any atom is -0.490 e. The van der Waals surface area contributed by atoms with E-state index in [2.05, 4.69) is 15.7 Å². The van der Waals surface area contributed by atoms with Crippen LogP contribution in [0.1, 0.15) is 25.0 Å². The number of nitrogens with one attached hydrogen (secondary N) is 2. The van der Waals surface area contributed by atoms with Crippen LogP contribution in [-0.2, 0) is 13.0 Å². The average Bonchev–Trinajstić information content (AvgIpc) is 3.10. The van der Waals surface area contributed by atoms with Gasteiger partial charge in [0.05, 0.1) is 19.8 Å². The van der Waals surface area contributed by atoms with E-state index < -0.39 is 0 Å². The number of halogens is 2. The summed E-state index contributed by atoms with van der Waals surface area (Å²) in [6.45, 7) is 6.24. The molecule has 3 aromatic rings. The van der Waals surface area contributed by atoms with Gasteiger partial charge in [-0.1, -0.05) is 47.5 Å². The van der Waals surface area contributed by atoms with Crippen molar-refractivity contribution in [3.63, 3.8) is 0 Å². The summed E-state index contributed by atoms with van der Waals surface area (Å²) in [4.78, 5) is 0. The highest BCUT2D eigenvalue weighted by atomic mass is 35.5. The number of hydrogen-bond donors (Lipinski definition) is 2. The molecule has 0 unspecified atom stereocenters. The molecule has 32 heavy (non-hydrogen) atoms. The van der Waals surface area contributed by atoms with Gasteiger partial charge in [0.1, 0.15) is 5.02 Å². The number of benzene rings is 2. The highest BCUT2D eigenvalue weighted by Gasteiger charge is 2.11. The number of thiocarbonyl (C=S) groups is 1. The van der Waals surface area contributed by atoms with E-state index in [0.29, 0.717) is 47.3 Å². The number of rotatable bonds is 10. The van der Waals surface area contributed by atoms with Crippen molar-refractivity contribution in [3.8, 4) is 11.5 Å². The van der Waals surface area contributed by atoms with Crippen molar-refractivity contribution in [3.05, 3.63) is 69.8 Å². The smallest absolute Gasteiger partial charge is 0.173 e. The molecule has 170 valence electrons. The predicted octanol–water partition coefficient (Wildman–Crippen LogP) is 5.56. The largest absolute Gasteiger partial charge is 0.490 e. The first-order valence-corrected chi connectivity index (χ1v) is 11.6. The molecule has 1 aromatic heterocycles. The second kappa shape index (κ2) is 11.9. The molecule has 6 nitrogen and oxygen atoms in total. The van der Waals surface area contributed by atoms with Crippen molar-refractivity contribution in [1.29, 1.82) is 0 Å². The molecule has 0 spiro atoms. The van der Waals surface area contributed by atoms with Crippen LogP contribution in [0.5, 0.6) is 11.5 Å². The third-order valence-corrected chi connectivity index (χ3v) is 5.44. The zero-order valence-corrected chi connectivity index (χ0v) is 20.4. The zero-order chi connectivity index (χ0) is 22.9. The van der Waals surface area contributed by atoms with Crippen molar-refractivity contribution >= 4 is 46.4 Å². The Labute approximate surface area is 203 Å². The van der Waals surface area contributed by atoms with Crippen molar-refractivity contribution in [2.24, 2.45) is 0 Å². The summed E-state index contributed by atoms with van der Waals surface area (Å²) < 4.78 is 13.0. The quantitative estimate of drug-likeness (QED) is 0.361. The Balaban J connectivity index is 1.52. The molecule has 0 saturated carbocycles. The second-order valence-electron chi connectivity index (χ2n) is 6.89. The van der Waals surface area contributed by atoms with Crippen LogP contribution in [0, 0.1) is 0 Å². The van der Waals surface area contributed by atoms with E-state index in [0.717, 1.165) is 29.0 Å². The molecule has 3 rings (SSSR count). The SMILES string of the molecule is CCOc1ccc(CCNC(=S)Nc2nn(Cc3ccccc3Cl)cc2Cl)cc1OCC. The van der Waals surface area contributed by atoms with E-state index >= 15 is 0 Å². The number of aromatic nitrogens is 2. The Morgan fingerprint density at radius 2 is 1.78 bits per heavy atom. The maximum atomic E-state index is 6.32. The Morgan fingerprint density at radius 1 is 1.03 bits per heavy atom. The van der Waals surface area contributed by atoms with E-state index in [1.54, 1.807) is 10.9 Å². The molecule has 0 fully saturated rings. The summed E-state index contributed by atoms with van der Waals surface area (Å²) in [5, 5.41) is 12.3. The number of ether oxygens (including phenoxy) is 2. The van der Waals surface area contributed by atoms with Crippen LogP contribution in [-0.4, -0.2) is 34.7 Å². The molecule has 1 heterocycles. The summed E-state index contributed by atoms with van der Waals surface area (Å²) in [6, 6.07) is 13.6. The van der Waals surface area contributed by atoms with Crippen LogP contribution in [0.4, 0.5) is 5.82 Å². The molecule has 0 saturated heterocycles. The normalized spacial score (nSPS) is 10.6. The van der Waals surface area contributed by atoms with E-state index in [1.807, 2.05) is 56.3 Å². The lowest BCUT2D eigenvalue weighted by atomic mass is 10.1. The van der Waals surface area contributed by atoms with Crippen LogP contribution < -0.4 is 20.1 Å². The third-order valence-electron chi connectivity index (χ3n) is 4.55. The molecule has 0 aliphatic heterocycles. The van der Waals surface area contributed by atoms with Gasteiger partial charge in [-0.25, -0.2) is 0 Å². The molecular formula is C23H26Cl2N4O2S. The number of anilines is 1. The van der Waals surface area contributed by atoms with Crippen molar-refractivity contribution in [2.75, 3.05) is 25.1 Å². The van der Waals surface area contributed by atoms with Gasteiger partial charge in [-0.05, 0) is 61.8 Å². The fourth-order valence-electron chi connectivity index (χ4n) is 3.09. The lowest BCUT2D eigenvalue weighted by Gasteiger charge is -2.13. The zero-order valence-electron chi connectivity index (χ0n) is 18.0. The fourth-order valence-corrected chi connectivity index (χ4v) is 3.68. The van der Waals surface area contributed by atoms with Gasteiger partial charge in [-0.15, -0.1) is 0 Å². The maximum Gasteiger partial charge on any atom is 0.173 e. The van der Waals surface area contributed by atoms with Crippen molar-refractivity contribution < 1.29 is 9.47 Å². The van der Waals surface area contributed by atoms with E-state index in [-0.39, 0.29) is 0 Å². The maximum absolute atomic E-state index is 6.32. The minimum absolute atomic E-state index is 0.450. The monoisotopic (exact) mass is 492 g/mol. The van der Waals surface area contributed by atoms with Gasteiger partial charge in [-0.3, -0.25) is 4.68 Å². The molecular weight excluding hydrogens is 467 g/mol. The van der Waals surface area contributed by atoms with Gasteiger partial charge in [0.2, 0.25) is 0 Å². The Kier molecular flexibility index (Phi) is 9.02. The number of hydrogen-bond acceptors (Lipinski definition) is 4. The molecule has 2 aromatic carbocycles. The van der Waals surface area contributed by atoms with Gasteiger partial charge in [0.25, 0.3) is 0 Å². The number of nitrogens with zero attached hydrogens (tertiary/aromatic N) is 2. The Morgan fingerprint density at radius 3 is 2.53 bits per heavy atom. The Hall–Kier alpha value is -2.48. The van der Waals surface area contributed by atoms with Gasteiger partial charge in [0.15, 0.2) is 22.4 Å². The highest BCUT2D eigenvalue weighted by molar-refractivity contribution is 7.80. The summed E-state index contributed by atoms with van der Waals surface area (Å²) in [7, 11) is 0. The molecule has 9 heteroatoms. The van der Waals surface area contributed by atoms with Crippen LogP contribution in [0.3, 0.4) is 0 Å². The molecule has 0 aliphatic carbocycles. The summed E-state index contributed by atoms with van der Waals surface area (Å²) >= 11 is 17.9. The molecule has 0 amide bonds. The summed E-state index contributed by atoms with van der Waals surface area (Å²) in [5.41, 5.74) is 2.08. The molecule has 2 N–H and O–H groups in total. The standard InChI is InChI=1S/C23H26Cl2N4O2S/c1-3-30-20-10-9-16(13-21(20)31-4-2)11-12-26-23(32)27-22-19(25)15-29(28-22)14-17-7-5-6-8-18(17)24/h5-10,13,15H,3-4,11-12,14H2,1-2H3,(H2,26,27,28,32). The van der Waals surface area contributed by atoms with Gasteiger partial charge in [-0.2, -0.15) is 5.10 Å². The second-order valence-corrected chi connectivity index (χ2v) is 8.12. The Bertz CT molecular complexity index is 1060. The van der Waals surface area contributed by atoms with Gasteiger partial charge < -0.3 is 20.1 Å². The third kappa shape index (κ3) is 6.76. The molecule has 0 aliphatic rings. The first kappa shape index (κ1) is 24.2. The first-order valence-electron chi connectivity index (χ1n) is 10.4. The van der Waals surface area contributed by atoms with Crippen molar-refractivity contribution in [1.82, 2.24) is 15.1 Å². The molecule has 0 radical (unpaired) electrons. The van der Waals surface area contributed by atoms with E-state index in [1.165, 1.54) is 0 Å². The lowest BCUT2D eigenvalue weighted by molar-refractivity contribution is 0.287. The average molecular weight is 493 g/mol. The van der Waals surface area contributed by atoms with Crippen LogP contribution in [0.15, 0.2) is 48.7 Å². The van der Waals surface area contributed by atoms with Crippen LogP contribution in [0.2, 0.25) is 10.0 Å². The first-order chi connectivity index (χ1) is 15.5. The van der Waals surface area contributed by atoms with Gasteiger partial charge in [0, 0.05) is 17.8 Å². The summed E-state index contributed by atoms with van der Waals surface area (Å²) in [6.07, 6.45) is 2.51. The lowest BCUT2D eigenvalue weighted by Crippen LogP contribution is -2.30. The molecule has 0 bridgehead atoms. The van der Waals surface area contributed by atoms with Crippen LogP contribution in [0.25, 0.3) is 0 Å². The minimum atomic E-state index is 0.450. The van der Waals surface area contributed by atoms with E-state index in [4.69, 9.17) is 44.9 Å². The predicted molar refractivity (Wildman–Crippen MR) is 134 cm³/mol. The molecule has 0 atom stereocenters. The van der Waals surface area contributed by atoms with Gasteiger partial charge >= 0.3 is 0 Å². The highest BCUT2D eigenvalue weighted by Crippen LogP contribution is 2.28. The van der Waals surface area contributed by atoms with Crippen molar-refractivity contribution in [2.45, 2.75) is 26.8 Å². The fraction of sp³-hybridized carbons (Fsp3) is 0.304. The van der Waals surface area contributed by atoms with E-state index in [9.17, 15) is 0 Å². The van der Waals surface area contributed by atoms with Crippen LogP contribution >= 0.6 is 35.4 Å².